The van der Waals surface area contributed by atoms with E-state index in [0.717, 1.165) is 116 Å². The molecule has 0 heterocycles. The van der Waals surface area contributed by atoms with E-state index in [-0.39, 0.29) is 32.0 Å². The van der Waals surface area contributed by atoms with Gasteiger partial charge in [-0.2, -0.15) is 0 Å². The monoisotopic (exact) mass is 1440 g/mol. The van der Waals surface area contributed by atoms with Crippen molar-refractivity contribution in [1.29, 1.82) is 0 Å². The Morgan fingerprint density at radius 1 is 0.304 bits per heavy atom. The molecule has 0 aliphatic rings. The minimum Gasteiger partial charge on any atom is -0.462 e. The SMILES string of the molecule is CC/C=C\C/C=C\C/C=C\C/C=C\C/C=C\C/C=C\C/C=C\C/C=C\CCCCCCCCCCCCCCC(=O)OC(COC(=O)CCCCCCCCCCCCCCCCCCCCCCCCCCCCCC/C=C\C/C=C\C/C=C\C/C=C\CC)COP(=O)(O)OCC[N+](C)(C)C. The van der Waals surface area contributed by atoms with Crippen molar-refractivity contribution in [3.8, 4) is 0 Å². The van der Waals surface area contributed by atoms with Crippen LogP contribution in [0, 0.1) is 0 Å². The third-order valence-electron chi connectivity index (χ3n) is 18.4. The molecule has 0 saturated heterocycles. The van der Waals surface area contributed by atoms with Gasteiger partial charge in [-0.25, -0.2) is 4.57 Å². The van der Waals surface area contributed by atoms with Crippen LogP contribution in [-0.4, -0.2) is 74.9 Å². The van der Waals surface area contributed by atoms with E-state index < -0.39 is 26.5 Å². The fourth-order valence-corrected chi connectivity index (χ4v) is 12.7. The maximum absolute atomic E-state index is 12.9. The van der Waals surface area contributed by atoms with Crippen molar-refractivity contribution < 1.29 is 42.1 Å². The van der Waals surface area contributed by atoms with E-state index >= 15 is 0 Å². The molecule has 0 rings (SSSR count). The maximum Gasteiger partial charge on any atom is 0.472 e. The minimum atomic E-state index is -4.40. The van der Waals surface area contributed by atoms with Crippen molar-refractivity contribution in [3.63, 3.8) is 0 Å². The zero-order valence-electron chi connectivity index (χ0n) is 67.1. The lowest BCUT2D eigenvalue weighted by molar-refractivity contribution is -0.870. The highest BCUT2D eigenvalue weighted by atomic mass is 31.2. The molecule has 0 radical (unpaired) electrons. The summed E-state index contributed by atoms with van der Waals surface area (Å²) in [5.41, 5.74) is 0. The first-order valence-corrected chi connectivity index (χ1v) is 44.1. The number of esters is 2. The number of phosphoric ester groups is 1. The van der Waals surface area contributed by atoms with Crippen LogP contribution in [0.4, 0.5) is 0 Å². The molecular weight excluding hydrogens is 1280 g/mol. The normalized spacial score (nSPS) is 13.7. The molecule has 0 amide bonds. The van der Waals surface area contributed by atoms with E-state index in [0.29, 0.717) is 17.4 Å². The van der Waals surface area contributed by atoms with E-state index in [1.165, 1.54) is 225 Å². The second-order valence-electron chi connectivity index (χ2n) is 29.5. The molecule has 0 aromatic carbocycles. The van der Waals surface area contributed by atoms with Crippen molar-refractivity contribution in [2.75, 3.05) is 47.5 Å². The Morgan fingerprint density at radius 2 is 0.529 bits per heavy atom. The van der Waals surface area contributed by atoms with Gasteiger partial charge in [0.2, 0.25) is 0 Å². The molecule has 2 atom stereocenters. The summed E-state index contributed by atoms with van der Waals surface area (Å²) >= 11 is 0. The molecular formula is C92H161NO8P+. The number of rotatable bonds is 78. The quantitative estimate of drug-likeness (QED) is 0.0211. The van der Waals surface area contributed by atoms with Crippen LogP contribution in [0.5, 0.6) is 0 Å². The predicted molar refractivity (Wildman–Crippen MR) is 445 cm³/mol. The van der Waals surface area contributed by atoms with Gasteiger partial charge in [-0.3, -0.25) is 18.6 Å². The number of unbranched alkanes of at least 4 members (excludes halogenated alkanes) is 40. The fraction of sp³-hybridized carbons (Fsp3) is 0.717. The number of carbonyl (C=O) groups excluding carboxylic acids is 2. The summed E-state index contributed by atoms with van der Waals surface area (Å²) < 4.78 is 34.9. The number of likely N-dealkylation sites (N-methyl/N-ethyl adjacent to an activating group) is 1. The van der Waals surface area contributed by atoms with Crippen LogP contribution < -0.4 is 0 Å². The zero-order chi connectivity index (χ0) is 74.0. The van der Waals surface area contributed by atoms with Gasteiger partial charge in [-0.1, -0.05) is 391 Å². The Hall–Kier alpha value is -4.11. The second kappa shape index (κ2) is 81.0. The van der Waals surface area contributed by atoms with Gasteiger partial charge < -0.3 is 18.9 Å². The lowest BCUT2D eigenvalue weighted by Gasteiger charge is -2.24. The number of quaternary nitrogens is 1. The summed E-state index contributed by atoms with van der Waals surface area (Å²) in [4.78, 5) is 36.0. The molecule has 0 aromatic heterocycles. The predicted octanol–water partition coefficient (Wildman–Crippen LogP) is 28.8. The average molecular weight is 1440 g/mol. The van der Waals surface area contributed by atoms with Crippen LogP contribution in [0.15, 0.2) is 146 Å². The van der Waals surface area contributed by atoms with Crippen molar-refractivity contribution in [1.82, 2.24) is 0 Å². The zero-order valence-corrected chi connectivity index (χ0v) is 68.0. The van der Waals surface area contributed by atoms with Gasteiger partial charge in [0, 0.05) is 12.8 Å². The number of allylic oxidation sites excluding steroid dienone is 24. The maximum atomic E-state index is 12.9. The second-order valence-corrected chi connectivity index (χ2v) is 30.9. The smallest absolute Gasteiger partial charge is 0.462 e. The van der Waals surface area contributed by atoms with Crippen LogP contribution in [-0.2, 0) is 32.7 Å². The van der Waals surface area contributed by atoms with Crippen LogP contribution in [0.25, 0.3) is 0 Å². The number of hydrogen-bond acceptors (Lipinski definition) is 7. The summed E-state index contributed by atoms with van der Waals surface area (Å²) in [6.07, 6.45) is 120. The molecule has 0 fully saturated rings. The highest BCUT2D eigenvalue weighted by Gasteiger charge is 2.27. The largest absolute Gasteiger partial charge is 0.472 e. The van der Waals surface area contributed by atoms with Crippen LogP contribution >= 0.6 is 7.82 Å². The van der Waals surface area contributed by atoms with Gasteiger partial charge in [0.15, 0.2) is 6.10 Å². The molecule has 586 valence electrons. The number of carbonyl (C=O) groups is 2. The van der Waals surface area contributed by atoms with Gasteiger partial charge in [0.05, 0.1) is 27.7 Å². The topological polar surface area (TPSA) is 108 Å². The van der Waals surface area contributed by atoms with Crippen molar-refractivity contribution in [2.45, 2.75) is 380 Å². The molecule has 9 nitrogen and oxygen atoms in total. The highest BCUT2D eigenvalue weighted by molar-refractivity contribution is 7.47. The molecule has 1 N–H and O–H groups in total. The van der Waals surface area contributed by atoms with Crippen molar-refractivity contribution in [2.24, 2.45) is 0 Å². The highest BCUT2D eigenvalue weighted by Crippen LogP contribution is 2.43. The first-order chi connectivity index (χ1) is 50.0. The van der Waals surface area contributed by atoms with E-state index in [9.17, 15) is 19.0 Å². The van der Waals surface area contributed by atoms with E-state index in [1.54, 1.807) is 0 Å². The summed E-state index contributed by atoms with van der Waals surface area (Å²) in [5, 5.41) is 0. The number of ether oxygens (including phenoxy) is 2. The number of phosphoric acid groups is 1. The Bertz CT molecular complexity index is 2240. The minimum absolute atomic E-state index is 0.0281. The first kappa shape index (κ1) is 97.9. The molecule has 0 spiro atoms. The molecule has 0 aliphatic heterocycles. The van der Waals surface area contributed by atoms with Crippen LogP contribution in [0.1, 0.15) is 373 Å². The van der Waals surface area contributed by atoms with E-state index in [4.69, 9.17) is 18.5 Å². The van der Waals surface area contributed by atoms with Gasteiger partial charge in [-0.15, -0.1) is 0 Å². The van der Waals surface area contributed by atoms with Crippen LogP contribution in [0.2, 0.25) is 0 Å². The third-order valence-corrected chi connectivity index (χ3v) is 19.3. The molecule has 10 heteroatoms. The Morgan fingerprint density at radius 3 is 0.784 bits per heavy atom. The van der Waals surface area contributed by atoms with Crippen molar-refractivity contribution in [3.05, 3.63) is 146 Å². The average Bonchev–Trinajstić information content (AvgIpc) is 0.913. The molecule has 0 saturated carbocycles. The molecule has 102 heavy (non-hydrogen) atoms. The summed E-state index contributed by atoms with van der Waals surface area (Å²) in [6, 6.07) is 0. The molecule has 0 aromatic rings. The van der Waals surface area contributed by atoms with Crippen LogP contribution in [0.3, 0.4) is 0 Å². The van der Waals surface area contributed by atoms with Gasteiger partial charge in [0.1, 0.15) is 19.8 Å². The third kappa shape index (κ3) is 84.8. The van der Waals surface area contributed by atoms with Gasteiger partial charge in [-0.05, 0) is 116 Å². The standard InChI is InChI=1S/C92H160NO8P/c1-6-8-10-12-14-16-18-20-22-24-26-28-30-32-34-36-38-40-42-44-45-46-47-49-50-52-54-56-58-60-62-64-66-68-70-72-74-76-78-80-82-84-91(94)98-88-90(89-100-102(96,97)99-87-86-93(3,4)5)101-92(95)85-83-81-79-77-75-73-71-69-67-65-63-61-59-57-55-53-51-48-43-41-39-37-35-33-31-29-27-25-23-21-19-17-15-13-11-9-7-2/h8-11,14-17,20-23,26-29,33,35,39,41,48,51,55,57,90H,6-7,12-13,18-19,24-25,30-32,34,36-38,40,42-47,49-50,52-54,56,58-89H2,1-5H3/p+1/b10-8-,11-9-,16-14-,17-15-,22-20-,23-21-,28-26-,29-27-,35-33-,41-39-,51-48-,57-55-. The molecule has 2 unspecified atom stereocenters. The van der Waals surface area contributed by atoms with E-state index in [1.807, 2.05) is 21.1 Å². The fourth-order valence-electron chi connectivity index (χ4n) is 12.0. The summed E-state index contributed by atoms with van der Waals surface area (Å²) in [7, 11) is 1.48. The number of nitrogens with zero attached hydrogens (tertiary/aromatic N) is 1. The summed E-state index contributed by atoms with van der Waals surface area (Å²) in [6.45, 7) is 4.24. The Labute approximate surface area is 631 Å². The van der Waals surface area contributed by atoms with E-state index in [2.05, 4.69) is 160 Å². The first-order valence-electron chi connectivity index (χ1n) is 42.6. The number of hydrogen-bond donors (Lipinski definition) is 1. The van der Waals surface area contributed by atoms with Gasteiger partial charge >= 0.3 is 19.8 Å². The lowest BCUT2D eigenvalue weighted by atomic mass is 10.0. The van der Waals surface area contributed by atoms with Crippen molar-refractivity contribution >= 4 is 19.8 Å². The lowest BCUT2D eigenvalue weighted by Crippen LogP contribution is -2.37. The Balaban J connectivity index is 3.93. The Kier molecular flexibility index (Phi) is 77.7. The molecule has 0 aliphatic carbocycles. The van der Waals surface area contributed by atoms with Gasteiger partial charge in [0.25, 0.3) is 0 Å². The summed E-state index contributed by atoms with van der Waals surface area (Å²) in [5.74, 6) is -0.789. The molecule has 0 bridgehead atoms.